The Balaban J connectivity index is 1.41. The quantitative estimate of drug-likeness (QED) is 0.140. The van der Waals surface area contributed by atoms with E-state index < -0.39 is 0 Å². The highest BCUT2D eigenvalue weighted by Gasteiger charge is 2.25. The Kier molecular flexibility index (Phi) is 7.42. The number of fused-ring (bicyclic) bond motifs is 1. The molecule has 1 aliphatic rings. The number of aryl methyl sites for hydroxylation is 1. The third-order valence-electron chi connectivity index (χ3n) is 7.42. The molecule has 0 unspecified atom stereocenters. The number of hydrogen-bond donors (Lipinski definition) is 0. The van der Waals surface area contributed by atoms with Crippen molar-refractivity contribution in [2.75, 3.05) is 5.75 Å². The minimum Gasteiger partial charge on any atom is -0.345 e. The van der Waals surface area contributed by atoms with E-state index in [1.165, 1.54) is 47.4 Å². The van der Waals surface area contributed by atoms with E-state index >= 15 is 0 Å². The second-order valence-corrected chi connectivity index (χ2v) is 10.7. The molecule has 1 saturated carbocycles. The fraction of sp³-hybridized carbons (Fsp3) is 0.367. The number of benzene rings is 2. The first-order chi connectivity index (χ1) is 17.6. The van der Waals surface area contributed by atoms with Gasteiger partial charge in [0, 0.05) is 36.0 Å². The molecule has 0 saturated heterocycles. The van der Waals surface area contributed by atoms with Gasteiger partial charge in [0.2, 0.25) is 0 Å². The van der Waals surface area contributed by atoms with Crippen LogP contribution in [0.4, 0.5) is 0 Å². The zero-order valence-corrected chi connectivity index (χ0v) is 22.1. The van der Waals surface area contributed by atoms with Gasteiger partial charge in [-0.15, -0.1) is 16.8 Å². The summed E-state index contributed by atoms with van der Waals surface area (Å²) in [5.41, 5.74) is 4.15. The highest BCUT2D eigenvalue weighted by atomic mass is 32.2. The molecule has 1 fully saturated rings. The maximum Gasteiger partial charge on any atom is 0.191 e. The topological polar surface area (TPSA) is 52.7 Å². The van der Waals surface area contributed by atoms with E-state index in [-0.39, 0.29) is 5.78 Å². The SMILES string of the molecule is C=CCn1c(C)cc(C(=O)CSc2nnc(Cc3cccc4ccccc34)n2C2CCCCC2)c1C. The number of aromatic nitrogens is 4. The number of hydrogen-bond acceptors (Lipinski definition) is 4. The summed E-state index contributed by atoms with van der Waals surface area (Å²) in [6.45, 7) is 8.61. The lowest BCUT2D eigenvalue weighted by atomic mass is 9.95. The van der Waals surface area contributed by atoms with Crippen LogP contribution in [0.15, 0.2) is 66.3 Å². The minimum absolute atomic E-state index is 0.136. The third kappa shape index (κ3) is 4.92. The molecule has 0 N–H and O–H groups in total. The Bertz CT molecular complexity index is 1390. The predicted molar refractivity (Wildman–Crippen MR) is 148 cm³/mol. The molecule has 36 heavy (non-hydrogen) atoms. The first-order valence-corrected chi connectivity index (χ1v) is 13.9. The van der Waals surface area contributed by atoms with Gasteiger partial charge in [-0.05, 0) is 49.1 Å². The van der Waals surface area contributed by atoms with Crippen molar-refractivity contribution in [2.45, 2.75) is 70.1 Å². The third-order valence-corrected chi connectivity index (χ3v) is 8.36. The lowest BCUT2D eigenvalue weighted by Gasteiger charge is -2.25. The van der Waals surface area contributed by atoms with Crippen molar-refractivity contribution in [2.24, 2.45) is 0 Å². The van der Waals surface area contributed by atoms with Crippen LogP contribution >= 0.6 is 11.8 Å². The van der Waals surface area contributed by atoms with Crippen LogP contribution in [0.3, 0.4) is 0 Å². The standard InChI is InChI=1S/C30H34N4OS/c1-4-17-33-21(2)18-27(22(33)3)28(35)20-36-30-32-31-29(34(30)25-14-6-5-7-15-25)19-24-13-10-12-23-11-8-9-16-26(23)24/h4,8-13,16,18,25H,1,5-7,14-15,17,19-20H2,2-3H3. The number of rotatable bonds is 9. The second kappa shape index (κ2) is 10.9. The molecule has 2 heterocycles. The highest BCUT2D eigenvalue weighted by Crippen LogP contribution is 2.34. The zero-order chi connectivity index (χ0) is 25.1. The van der Waals surface area contributed by atoms with E-state index in [1.54, 1.807) is 0 Å². The van der Waals surface area contributed by atoms with Crippen LogP contribution in [-0.2, 0) is 13.0 Å². The Morgan fingerprint density at radius 3 is 2.67 bits per heavy atom. The van der Waals surface area contributed by atoms with Gasteiger partial charge in [-0.25, -0.2) is 0 Å². The van der Waals surface area contributed by atoms with Crippen LogP contribution in [0.5, 0.6) is 0 Å². The van der Waals surface area contributed by atoms with Crippen LogP contribution in [0, 0.1) is 13.8 Å². The first-order valence-electron chi connectivity index (χ1n) is 12.9. The van der Waals surface area contributed by atoms with Crippen molar-refractivity contribution in [1.29, 1.82) is 0 Å². The maximum absolute atomic E-state index is 13.2. The Morgan fingerprint density at radius 2 is 1.86 bits per heavy atom. The van der Waals surface area contributed by atoms with Gasteiger partial charge in [0.15, 0.2) is 10.9 Å². The summed E-state index contributed by atoms with van der Waals surface area (Å²) in [5, 5.41) is 12.7. The smallest absolute Gasteiger partial charge is 0.191 e. The molecule has 186 valence electrons. The van der Waals surface area contributed by atoms with Gasteiger partial charge in [-0.3, -0.25) is 4.79 Å². The summed E-state index contributed by atoms with van der Waals surface area (Å²) in [7, 11) is 0. The Hall–Kier alpha value is -3.12. The van der Waals surface area contributed by atoms with Crippen LogP contribution in [0.2, 0.25) is 0 Å². The number of carbonyl (C=O) groups excluding carboxylic acids is 1. The first kappa shape index (κ1) is 24.6. The van der Waals surface area contributed by atoms with E-state index in [9.17, 15) is 4.79 Å². The summed E-state index contributed by atoms with van der Waals surface area (Å²) in [6, 6.07) is 17.4. The van der Waals surface area contributed by atoms with Gasteiger partial charge in [-0.1, -0.05) is 79.6 Å². The number of allylic oxidation sites excluding steroid dienone is 1. The van der Waals surface area contributed by atoms with Gasteiger partial charge in [0.1, 0.15) is 5.82 Å². The molecular weight excluding hydrogens is 464 g/mol. The zero-order valence-electron chi connectivity index (χ0n) is 21.2. The molecule has 0 bridgehead atoms. The summed E-state index contributed by atoms with van der Waals surface area (Å²) >= 11 is 1.53. The van der Waals surface area contributed by atoms with E-state index in [2.05, 4.69) is 68.4 Å². The monoisotopic (exact) mass is 498 g/mol. The lowest BCUT2D eigenvalue weighted by molar-refractivity contribution is 0.102. The molecule has 0 amide bonds. The number of nitrogens with zero attached hydrogens (tertiary/aromatic N) is 4. The van der Waals surface area contributed by atoms with Crippen LogP contribution < -0.4 is 0 Å². The van der Waals surface area contributed by atoms with Gasteiger partial charge in [0.25, 0.3) is 0 Å². The normalized spacial score (nSPS) is 14.4. The maximum atomic E-state index is 13.2. The predicted octanol–water partition coefficient (Wildman–Crippen LogP) is 7.11. The average molecular weight is 499 g/mol. The van der Waals surface area contributed by atoms with E-state index in [4.69, 9.17) is 0 Å². The van der Waals surface area contributed by atoms with Crippen molar-refractivity contribution in [3.05, 3.63) is 89.5 Å². The lowest BCUT2D eigenvalue weighted by Crippen LogP contribution is -2.17. The fourth-order valence-electron chi connectivity index (χ4n) is 5.55. The number of carbonyl (C=O) groups is 1. The number of ketones is 1. The Labute approximate surface area is 217 Å². The van der Waals surface area contributed by atoms with E-state index in [1.807, 2.05) is 26.0 Å². The molecule has 5 rings (SSSR count). The van der Waals surface area contributed by atoms with E-state index in [0.717, 1.165) is 47.2 Å². The summed E-state index contributed by atoms with van der Waals surface area (Å²) < 4.78 is 4.48. The summed E-state index contributed by atoms with van der Waals surface area (Å²) in [6.07, 6.45) is 8.65. The van der Waals surface area contributed by atoms with Crippen molar-refractivity contribution in [3.8, 4) is 0 Å². The van der Waals surface area contributed by atoms with Crippen molar-refractivity contribution in [1.82, 2.24) is 19.3 Å². The van der Waals surface area contributed by atoms with Gasteiger partial charge >= 0.3 is 0 Å². The molecule has 4 aromatic rings. The number of thioether (sulfide) groups is 1. The summed E-state index contributed by atoms with van der Waals surface area (Å²) in [5.74, 6) is 1.49. The van der Waals surface area contributed by atoms with E-state index in [0.29, 0.717) is 18.3 Å². The summed E-state index contributed by atoms with van der Waals surface area (Å²) in [4.78, 5) is 13.2. The molecule has 0 spiro atoms. The van der Waals surface area contributed by atoms with Gasteiger partial charge < -0.3 is 9.13 Å². The molecule has 0 aliphatic heterocycles. The molecule has 1 aliphatic carbocycles. The molecule has 0 radical (unpaired) electrons. The van der Waals surface area contributed by atoms with Crippen LogP contribution in [0.25, 0.3) is 10.8 Å². The molecule has 0 atom stereocenters. The minimum atomic E-state index is 0.136. The highest BCUT2D eigenvalue weighted by molar-refractivity contribution is 7.99. The van der Waals surface area contributed by atoms with Crippen LogP contribution in [0.1, 0.15) is 71.3 Å². The molecule has 2 aromatic heterocycles. The molecule has 6 heteroatoms. The van der Waals surface area contributed by atoms with Crippen molar-refractivity contribution in [3.63, 3.8) is 0 Å². The average Bonchev–Trinajstić information content (AvgIpc) is 3.43. The Morgan fingerprint density at radius 1 is 1.08 bits per heavy atom. The van der Waals surface area contributed by atoms with Crippen LogP contribution in [-0.4, -0.2) is 30.9 Å². The fourth-order valence-corrected chi connectivity index (χ4v) is 6.46. The van der Waals surface area contributed by atoms with Crippen molar-refractivity contribution >= 4 is 28.3 Å². The molecule has 5 nitrogen and oxygen atoms in total. The molecular formula is C30H34N4OS. The van der Waals surface area contributed by atoms with Crippen molar-refractivity contribution < 1.29 is 4.79 Å². The largest absolute Gasteiger partial charge is 0.345 e. The van der Waals surface area contributed by atoms with Gasteiger partial charge in [0.05, 0.1) is 5.75 Å². The van der Waals surface area contributed by atoms with Gasteiger partial charge in [-0.2, -0.15) is 0 Å². The molecule has 2 aromatic carbocycles. The number of Topliss-reactive ketones (excluding diaryl/α,β-unsaturated/α-hetero) is 1. The second-order valence-electron chi connectivity index (χ2n) is 9.77.